The molecular weight excluding hydrogens is 482 g/mol. The molecule has 0 spiro atoms. The molecule has 0 saturated carbocycles. The van der Waals surface area contributed by atoms with Crippen LogP contribution in [-0.4, -0.2) is 85.0 Å². The Bertz CT molecular complexity index is 817. The number of carbonyl (C=O) groups is 6. The lowest BCUT2D eigenvalue weighted by Gasteiger charge is -2.46. The Morgan fingerprint density at radius 1 is 0.971 bits per heavy atom. The second kappa shape index (κ2) is 12.5. The van der Waals surface area contributed by atoms with Crippen LogP contribution in [0.5, 0.6) is 0 Å². The van der Waals surface area contributed by atoms with Crippen LogP contribution in [0.2, 0.25) is 0 Å². The number of alkyl halides is 1. The largest absolute Gasteiger partial charge is 0.466 e. The maximum absolute atomic E-state index is 12.4. The molecule has 0 aromatic heterocycles. The lowest BCUT2D eigenvalue weighted by molar-refractivity contribution is -0.225. The topological polar surface area (TPSA) is 170 Å². The highest BCUT2D eigenvalue weighted by Gasteiger charge is 2.57. The highest BCUT2D eigenvalue weighted by molar-refractivity contribution is 6.32. The predicted octanol–water partition coefficient (Wildman–Crippen LogP) is -0.254. The lowest BCUT2D eigenvalue weighted by atomic mass is 9.89. The summed E-state index contributed by atoms with van der Waals surface area (Å²) in [6.07, 6.45) is -6.29. The summed E-state index contributed by atoms with van der Waals surface area (Å²) in [7, 11) is 1.04. The second-order valence-electron chi connectivity index (χ2n) is 7.41. The van der Waals surface area contributed by atoms with Crippen LogP contribution in [0, 0.1) is 0 Å². The van der Waals surface area contributed by atoms with Gasteiger partial charge in [-0.15, -0.1) is 0 Å². The molecule has 1 aliphatic rings. The number of hydrogen-bond donors (Lipinski definition) is 1. The van der Waals surface area contributed by atoms with E-state index < -0.39 is 84.3 Å². The van der Waals surface area contributed by atoms with Gasteiger partial charge in [0.05, 0.1) is 13.2 Å². The molecular formula is C20H28ClNO12. The first-order chi connectivity index (χ1) is 15.7. The van der Waals surface area contributed by atoms with E-state index in [-0.39, 0.29) is 0 Å². The van der Waals surface area contributed by atoms with Crippen molar-refractivity contribution in [3.8, 4) is 0 Å². The SMILES string of the molecule is COC(=O)C1(Cl)CC(OC(C)=O)C(NC(C)=O)C(C(OC(C)=O)C(COC(C)=O)OC(C)=O)O1. The van der Waals surface area contributed by atoms with Gasteiger partial charge in [-0.25, -0.2) is 4.79 Å². The Morgan fingerprint density at radius 3 is 2.00 bits per heavy atom. The predicted molar refractivity (Wildman–Crippen MR) is 111 cm³/mol. The minimum atomic E-state index is -2.24. The van der Waals surface area contributed by atoms with E-state index in [1.807, 2.05) is 0 Å². The second-order valence-corrected chi connectivity index (χ2v) is 8.02. The van der Waals surface area contributed by atoms with E-state index in [2.05, 4.69) is 10.1 Å². The Hall–Kier alpha value is -2.93. The molecule has 0 bridgehead atoms. The van der Waals surface area contributed by atoms with Crippen molar-refractivity contribution in [1.29, 1.82) is 0 Å². The summed E-state index contributed by atoms with van der Waals surface area (Å²) < 4.78 is 31.2. The molecule has 34 heavy (non-hydrogen) atoms. The van der Waals surface area contributed by atoms with E-state index >= 15 is 0 Å². The van der Waals surface area contributed by atoms with Crippen molar-refractivity contribution in [2.24, 2.45) is 0 Å². The van der Waals surface area contributed by atoms with Crippen molar-refractivity contribution in [2.45, 2.75) is 76.6 Å². The van der Waals surface area contributed by atoms with Crippen LogP contribution in [0.1, 0.15) is 41.0 Å². The van der Waals surface area contributed by atoms with E-state index in [1.54, 1.807) is 0 Å². The Labute approximate surface area is 200 Å². The molecule has 14 heteroatoms. The van der Waals surface area contributed by atoms with Gasteiger partial charge in [-0.3, -0.25) is 24.0 Å². The molecule has 1 heterocycles. The summed E-state index contributed by atoms with van der Waals surface area (Å²) in [6.45, 7) is 4.87. The van der Waals surface area contributed by atoms with E-state index in [0.29, 0.717) is 0 Å². The van der Waals surface area contributed by atoms with Crippen LogP contribution >= 0.6 is 11.6 Å². The van der Waals surface area contributed by atoms with E-state index in [1.165, 1.54) is 0 Å². The van der Waals surface area contributed by atoms with Gasteiger partial charge in [-0.05, 0) is 0 Å². The van der Waals surface area contributed by atoms with Gasteiger partial charge in [0.1, 0.15) is 18.8 Å². The van der Waals surface area contributed by atoms with Crippen molar-refractivity contribution >= 4 is 47.4 Å². The molecule has 6 atom stereocenters. The van der Waals surface area contributed by atoms with Gasteiger partial charge < -0.3 is 33.7 Å². The number of nitrogens with one attached hydrogen (secondary N) is 1. The smallest absolute Gasteiger partial charge is 0.354 e. The Kier molecular flexibility index (Phi) is 10.7. The minimum absolute atomic E-state index is 0.447. The van der Waals surface area contributed by atoms with Crippen molar-refractivity contribution in [1.82, 2.24) is 5.32 Å². The number of carbonyl (C=O) groups excluding carboxylic acids is 6. The lowest BCUT2D eigenvalue weighted by Crippen LogP contribution is -2.67. The van der Waals surface area contributed by atoms with Crippen molar-refractivity contribution in [3.05, 3.63) is 0 Å². The molecule has 0 aliphatic carbocycles. The van der Waals surface area contributed by atoms with Crippen LogP contribution in [0.25, 0.3) is 0 Å². The third-order valence-corrected chi connectivity index (χ3v) is 4.88. The number of halogens is 1. The van der Waals surface area contributed by atoms with Gasteiger partial charge in [0.25, 0.3) is 0 Å². The monoisotopic (exact) mass is 509 g/mol. The van der Waals surface area contributed by atoms with Crippen molar-refractivity contribution < 1.29 is 57.2 Å². The van der Waals surface area contributed by atoms with Crippen LogP contribution in [-0.2, 0) is 57.2 Å². The summed E-state index contributed by atoms with van der Waals surface area (Å²) in [6, 6.07) is -1.24. The molecule has 1 N–H and O–H groups in total. The molecule has 0 aromatic rings. The zero-order valence-corrected chi connectivity index (χ0v) is 20.3. The van der Waals surface area contributed by atoms with Crippen molar-refractivity contribution in [2.75, 3.05) is 13.7 Å². The van der Waals surface area contributed by atoms with Crippen LogP contribution in [0.3, 0.4) is 0 Å². The zero-order valence-electron chi connectivity index (χ0n) is 19.6. The summed E-state index contributed by atoms with van der Waals surface area (Å²) in [5, 5.41) is 0.276. The van der Waals surface area contributed by atoms with Crippen LogP contribution in [0.4, 0.5) is 0 Å². The molecule has 1 amide bonds. The molecule has 1 fully saturated rings. The first kappa shape index (κ1) is 29.1. The third kappa shape index (κ3) is 8.45. The highest BCUT2D eigenvalue weighted by atomic mass is 35.5. The molecule has 192 valence electrons. The summed E-state index contributed by atoms with van der Waals surface area (Å²) >= 11 is 6.38. The van der Waals surface area contributed by atoms with Gasteiger partial charge in [0, 0.05) is 41.0 Å². The summed E-state index contributed by atoms with van der Waals surface area (Å²) in [4.78, 5) is 71.2. The Balaban J connectivity index is 3.64. The molecule has 0 aromatic carbocycles. The van der Waals surface area contributed by atoms with Crippen molar-refractivity contribution in [3.63, 3.8) is 0 Å². The standard InChI is InChI=1S/C20H28ClNO12/c1-9(23)22-16-14(31-11(3)25)7-20(21,19(28)29-6)34-18(16)17(33-13(5)27)15(32-12(4)26)8-30-10(2)24/h14-18H,7-8H2,1-6H3,(H,22,23). The zero-order chi connectivity index (χ0) is 26.2. The van der Waals surface area contributed by atoms with Gasteiger partial charge in [0.2, 0.25) is 11.0 Å². The average molecular weight is 510 g/mol. The fourth-order valence-electron chi connectivity index (χ4n) is 3.38. The normalized spacial score (nSPS) is 25.7. The summed E-state index contributed by atoms with van der Waals surface area (Å²) in [5.74, 6) is -4.87. The van der Waals surface area contributed by atoms with Gasteiger partial charge in [-0.1, -0.05) is 11.6 Å². The fraction of sp³-hybridized carbons (Fsp3) is 0.700. The number of ether oxygens (including phenoxy) is 6. The number of methoxy groups -OCH3 is 1. The average Bonchev–Trinajstić information content (AvgIpc) is 2.69. The van der Waals surface area contributed by atoms with E-state index in [9.17, 15) is 28.8 Å². The van der Waals surface area contributed by atoms with Gasteiger partial charge >= 0.3 is 29.8 Å². The molecule has 13 nitrogen and oxygen atoms in total. The molecule has 1 rings (SSSR count). The number of amides is 1. The maximum atomic E-state index is 12.4. The van der Waals surface area contributed by atoms with Crippen LogP contribution in [0.15, 0.2) is 0 Å². The fourth-order valence-corrected chi connectivity index (χ4v) is 3.71. The quantitative estimate of drug-likeness (QED) is 0.246. The van der Waals surface area contributed by atoms with E-state index in [0.717, 1.165) is 41.7 Å². The number of hydrogen-bond acceptors (Lipinski definition) is 12. The summed E-state index contributed by atoms with van der Waals surface area (Å²) in [5.41, 5.74) is 0. The highest BCUT2D eigenvalue weighted by Crippen LogP contribution is 2.38. The Morgan fingerprint density at radius 2 is 1.56 bits per heavy atom. The third-order valence-electron chi connectivity index (χ3n) is 4.48. The molecule has 0 radical (unpaired) electrons. The first-order valence-electron chi connectivity index (χ1n) is 10.1. The maximum Gasteiger partial charge on any atom is 0.354 e. The van der Waals surface area contributed by atoms with Crippen LogP contribution < -0.4 is 5.32 Å². The number of rotatable bonds is 9. The molecule has 6 unspecified atom stereocenters. The molecule has 1 saturated heterocycles. The van der Waals surface area contributed by atoms with Gasteiger partial charge in [-0.2, -0.15) is 0 Å². The van der Waals surface area contributed by atoms with Gasteiger partial charge in [0.15, 0.2) is 12.2 Å². The molecule has 1 aliphatic heterocycles. The minimum Gasteiger partial charge on any atom is -0.466 e. The van der Waals surface area contributed by atoms with E-state index in [4.69, 9.17) is 35.3 Å². The number of esters is 5. The first-order valence-corrected chi connectivity index (χ1v) is 10.4.